The maximum Gasteiger partial charge on any atom is 0.180 e. The first-order valence-corrected chi connectivity index (χ1v) is 8.93. The van der Waals surface area contributed by atoms with Crippen molar-refractivity contribution in [1.29, 1.82) is 0 Å². The van der Waals surface area contributed by atoms with Gasteiger partial charge in [0.1, 0.15) is 4.99 Å². The summed E-state index contributed by atoms with van der Waals surface area (Å²) >= 11 is 5.46. The lowest BCUT2D eigenvalue weighted by Crippen LogP contribution is -2.31. The highest BCUT2D eigenvalue weighted by atomic mass is 32.1. The van der Waals surface area contributed by atoms with Gasteiger partial charge in [-0.15, -0.1) is 0 Å². The number of anilines is 1. The van der Waals surface area contributed by atoms with E-state index < -0.39 is 0 Å². The van der Waals surface area contributed by atoms with Crippen LogP contribution in [-0.2, 0) is 0 Å². The molecule has 0 aromatic carbocycles. The van der Waals surface area contributed by atoms with Gasteiger partial charge in [-0.25, -0.2) is 9.97 Å². The molecular formula is C17H20N8S. The first kappa shape index (κ1) is 16.7. The monoisotopic (exact) mass is 368 g/mol. The smallest absolute Gasteiger partial charge is 0.180 e. The van der Waals surface area contributed by atoms with Gasteiger partial charge < -0.3 is 16.4 Å². The Labute approximate surface area is 155 Å². The number of aromatic nitrogens is 5. The second kappa shape index (κ2) is 7.22. The Balaban J connectivity index is 1.56. The zero-order valence-electron chi connectivity index (χ0n) is 14.1. The molecule has 3 aromatic heterocycles. The summed E-state index contributed by atoms with van der Waals surface area (Å²) < 4.78 is 1.95. The van der Waals surface area contributed by atoms with Gasteiger partial charge in [0, 0.05) is 35.8 Å². The minimum Gasteiger partial charge on any atom is -0.402 e. The first-order valence-electron chi connectivity index (χ1n) is 8.52. The molecule has 0 spiro atoms. The number of thiocarbonyl (C=S) groups is 1. The van der Waals surface area contributed by atoms with Crippen LogP contribution in [0.5, 0.6) is 0 Å². The number of piperidine rings is 1. The number of imidazole rings is 1. The average Bonchev–Trinajstić information content (AvgIpc) is 3.32. The normalized spacial score (nSPS) is 16.1. The van der Waals surface area contributed by atoms with Gasteiger partial charge in [0.05, 0.1) is 18.1 Å². The number of rotatable bonds is 4. The zero-order chi connectivity index (χ0) is 17.9. The van der Waals surface area contributed by atoms with E-state index in [-0.39, 0.29) is 0 Å². The van der Waals surface area contributed by atoms with Crippen LogP contribution >= 0.6 is 12.2 Å². The predicted octanol–water partition coefficient (Wildman–Crippen LogP) is 1.70. The lowest BCUT2D eigenvalue weighted by Gasteiger charge is -2.23. The van der Waals surface area contributed by atoms with Crippen LogP contribution in [0.4, 0.5) is 5.82 Å². The number of nitrogens with two attached hydrogens (primary N) is 1. The van der Waals surface area contributed by atoms with Crippen molar-refractivity contribution in [2.24, 2.45) is 11.7 Å². The second-order valence-corrected chi connectivity index (χ2v) is 6.70. The molecule has 9 heteroatoms. The van der Waals surface area contributed by atoms with E-state index in [0.717, 1.165) is 42.9 Å². The molecule has 0 radical (unpaired) electrons. The summed E-state index contributed by atoms with van der Waals surface area (Å²) in [7, 11) is 0. The molecule has 4 rings (SSSR count). The van der Waals surface area contributed by atoms with Crippen LogP contribution in [0.15, 0.2) is 42.8 Å². The van der Waals surface area contributed by atoms with E-state index in [0.29, 0.717) is 22.4 Å². The number of H-pyrrole nitrogens is 1. The molecule has 3 aromatic rings. The predicted molar refractivity (Wildman–Crippen MR) is 105 cm³/mol. The highest BCUT2D eigenvalue weighted by molar-refractivity contribution is 7.81. The van der Waals surface area contributed by atoms with Gasteiger partial charge in [0.25, 0.3) is 0 Å². The number of aromatic amines is 1. The molecule has 0 aliphatic carbocycles. The largest absolute Gasteiger partial charge is 0.402 e. The number of nitrogens with one attached hydrogen (secondary N) is 3. The Morgan fingerprint density at radius 2 is 2.15 bits per heavy atom. The Hall–Kier alpha value is -2.78. The highest BCUT2D eigenvalue weighted by Gasteiger charge is 2.16. The highest BCUT2D eigenvalue weighted by Crippen LogP contribution is 2.23. The number of hydrogen-bond acceptors (Lipinski definition) is 6. The van der Waals surface area contributed by atoms with E-state index >= 15 is 0 Å². The topological polar surface area (TPSA) is 109 Å². The van der Waals surface area contributed by atoms with Crippen molar-refractivity contribution in [2.75, 3.05) is 18.4 Å². The summed E-state index contributed by atoms with van der Waals surface area (Å²) in [5.74, 6) is 0.973. The molecule has 134 valence electrons. The standard InChI is InChI=1S/C17H20N8S/c18-13(11-1-3-19-4-2-11)7-15(26)24-16-17-21-10-14(12-8-22-23-9-12)25(17)6-5-20-16/h5-11,19H,1-4,18H2,(H,22,23)(H,20,24,26). The van der Waals surface area contributed by atoms with Crippen LogP contribution in [-0.4, -0.2) is 42.6 Å². The quantitative estimate of drug-likeness (QED) is 0.410. The Bertz CT molecular complexity index is 937. The van der Waals surface area contributed by atoms with Crippen molar-refractivity contribution >= 4 is 28.7 Å². The fraction of sp³-hybridized carbons (Fsp3) is 0.294. The van der Waals surface area contributed by atoms with E-state index in [1.807, 2.05) is 22.9 Å². The third-order valence-electron chi connectivity index (χ3n) is 4.57. The maximum atomic E-state index is 6.24. The molecule has 0 unspecified atom stereocenters. The molecule has 0 amide bonds. The molecule has 26 heavy (non-hydrogen) atoms. The molecule has 1 aliphatic rings. The minimum atomic E-state index is 0.374. The molecule has 1 saturated heterocycles. The third-order valence-corrected chi connectivity index (χ3v) is 4.79. The van der Waals surface area contributed by atoms with Crippen molar-refractivity contribution in [2.45, 2.75) is 12.8 Å². The maximum absolute atomic E-state index is 6.24. The first-order chi connectivity index (χ1) is 12.7. The van der Waals surface area contributed by atoms with E-state index in [1.165, 1.54) is 0 Å². The summed E-state index contributed by atoms with van der Waals surface area (Å²) in [5, 5.41) is 13.3. The summed E-state index contributed by atoms with van der Waals surface area (Å²) in [6, 6.07) is 0. The molecule has 1 fully saturated rings. The van der Waals surface area contributed by atoms with Gasteiger partial charge in [0.2, 0.25) is 0 Å². The van der Waals surface area contributed by atoms with Crippen LogP contribution in [0.25, 0.3) is 16.9 Å². The second-order valence-electron chi connectivity index (χ2n) is 6.26. The van der Waals surface area contributed by atoms with E-state index in [2.05, 4.69) is 30.8 Å². The van der Waals surface area contributed by atoms with Gasteiger partial charge in [-0.05, 0) is 32.0 Å². The molecule has 0 bridgehead atoms. The van der Waals surface area contributed by atoms with Gasteiger partial charge in [-0.3, -0.25) is 9.50 Å². The summed E-state index contributed by atoms with van der Waals surface area (Å²) in [6.07, 6.45) is 12.8. The molecule has 8 nitrogen and oxygen atoms in total. The molecule has 0 saturated carbocycles. The van der Waals surface area contributed by atoms with E-state index in [4.69, 9.17) is 18.0 Å². The molecule has 1 aliphatic heterocycles. The van der Waals surface area contributed by atoms with Crippen LogP contribution < -0.4 is 16.4 Å². The molecule has 5 N–H and O–H groups in total. The van der Waals surface area contributed by atoms with Crippen molar-refractivity contribution in [3.05, 3.63) is 42.8 Å². The van der Waals surface area contributed by atoms with Crippen molar-refractivity contribution in [3.63, 3.8) is 0 Å². The lowest BCUT2D eigenvalue weighted by atomic mass is 9.94. The molecular weight excluding hydrogens is 348 g/mol. The fourth-order valence-electron chi connectivity index (χ4n) is 3.19. The number of nitrogens with zero attached hydrogens (tertiary/aromatic N) is 4. The number of fused-ring (bicyclic) bond motifs is 1. The minimum absolute atomic E-state index is 0.374. The summed E-state index contributed by atoms with van der Waals surface area (Å²) in [5.41, 5.74) is 9.63. The Kier molecular flexibility index (Phi) is 4.63. The number of hydrogen-bond donors (Lipinski definition) is 4. The summed E-state index contributed by atoms with van der Waals surface area (Å²) in [6.45, 7) is 1.98. The molecule has 0 atom stereocenters. The van der Waals surface area contributed by atoms with Crippen molar-refractivity contribution in [3.8, 4) is 11.3 Å². The molecule has 4 heterocycles. The fourth-order valence-corrected chi connectivity index (χ4v) is 3.42. The van der Waals surface area contributed by atoms with Crippen molar-refractivity contribution in [1.82, 2.24) is 29.9 Å². The average molecular weight is 368 g/mol. The lowest BCUT2D eigenvalue weighted by molar-refractivity contribution is 0.417. The summed E-state index contributed by atoms with van der Waals surface area (Å²) in [4.78, 5) is 9.39. The van der Waals surface area contributed by atoms with Crippen molar-refractivity contribution < 1.29 is 0 Å². The Morgan fingerprint density at radius 1 is 1.31 bits per heavy atom. The SMILES string of the molecule is NC(=CC(=S)Nc1nccn2c(-c3cn[nH]c3)cnc12)C1CCNCC1. The van der Waals surface area contributed by atoms with E-state index in [1.54, 1.807) is 18.6 Å². The third kappa shape index (κ3) is 3.31. The van der Waals surface area contributed by atoms with Gasteiger partial charge in [0.15, 0.2) is 11.5 Å². The number of allylic oxidation sites excluding steroid dienone is 1. The Morgan fingerprint density at radius 3 is 2.92 bits per heavy atom. The van der Waals surface area contributed by atoms with Gasteiger partial charge in [-0.2, -0.15) is 5.10 Å². The van der Waals surface area contributed by atoms with Gasteiger partial charge in [-0.1, -0.05) is 12.2 Å². The van der Waals surface area contributed by atoms with Gasteiger partial charge >= 0.3 is 0 Å². The zero-order valence-corrected chi connectivity index (χ0v) is 15.0. The van der Waals surface area contributed by atoms with Crippen LogP contribution in [0.2, 0.25) is 0 Å². The van der Waals surface area contributed by atoms with Crippen LogP contribution in [0.3, 0.4) is 0 Å². The van der Waals surface area contributed by atoms with Crippen LogP contribution in [0.1, 0.15) is 12.8 Å². The van der Waals surface area contributed by atoms with E-state index in [9.17, 15) is 0 Å². The van der Waals surface area contributed by atoms with Crippen LogP contribution in [0, 0.1) is 5.92 Å².